The van der Waals surface area contributed by atoms with Gasteiger partial charge in [0.1, 0.15) is 0 Å². The van der Waals surface area contributed by atoms with Crippen molar-refractivity contribution in [3.8, 4) is 0 Å². The van der Waals surface area contributed by atoms with Crippen LogP contribution in [0.2, 0.25) is 0 Å². The van der Waals surface area contributed by atoms with E-state index in [-0.39, 0.29) is 0 Å². The normalized spacial score (nSPS) is 11.6. The second-order valence-electron chi connectivity index (χ2n) is 4.18. The Bertz CT molecular complexity index is 515. The Morgan fingerprint density at radius 1 is 1.00 bits per heavy atom. The number of hydrogen-bond donors (Lipinski definition) is 1. The first-order chi connectivity index (χ1) is 8.78. The highest BCUT2D eigenvalue weighted by molar-refractivity contribution is 7.99. The summed E-state index contributed by atoms with van der Waals surface area (Å²) in [5.74, 6) is 0. The lowest BCUT2D eigenvalue weighted by molar-refractivity contribution is 1.15. The monoisotopic (exact) mass is 255 g/mol. The molecule has 92 valence electrons. The average molecular weight is 255 g/mol. The van der Waals surface area contributed by atoms with Crippen molar-refractivity contribution in [2.45, 2.75) is 16.7 Å². The molecular formula is C16H17NS. The van der Waals surface area contributed by atoms with E-state index in [0.29, 0.717) is 6.54 Å². The van der Waals surface area contributed by atoms with E-state index in [1.54, 1.807) is 11.8 Å². The molecule has 0 radical (unpaired) electrons. The van der Waals surface area contributed by atoms with Crippen molar-refractivity contribution in [3.05, 3.63) is 65.7 Å². The van der Waals surface area contributed by atoms with Gasteiger partial charge >= 0.3 is 0 Å². The maximum Gasteiger partial charge on any atom is 0.0137 e. The molecule has 0 fully saturated rings. The first-order valence-electron chi connectivity index (χ1n) is 5.98. The molecule has 18 heavy (non-hydrogen) atoms. The number of nitrogens with two attached hydrogens (primary N) is 1. The summed E-state index contributed by atoms with van der Waals surface area (Å²) in [6, 6.07) is 18.9. The first kappa shape index (κ1) is 12.9. The van der Waals surface area contributed by atoms with Crippen molar-refractivity contribution in [2.75, 3.05) is 6.54 Å². The summed E-state index contributed by atoms with van der Waals surface area (Å²) in [5, 5.41) is 0. The fourth-order valence-electron chi connectivity index (χ4n) is 1.60. The number of benzene rings is 2. The minimum absolute atomic E-state index is 0.612. The van der Waals surface area contributed by atoms with Gasteiger partial charge in [-0.3, -0.25) is 0 Å². The summed E-state index contributed by atoms with van der Waals surface area (Å²) in [5.41, 5.74) is 7.98. The first-order valence-corrected chi connectivity index (χ1v) is 6.80. The van der Waals surface area contributed by atoms with E-state index < -0.39 is 0 Å². The standard InChI is InChI=1S/C16H17NS/c1-13(12-17)11-14-7-9-16(10-8-14)18-15-5-3-2-4-6-15/h2-11H,12,17H2,1H3. The largest absolute Gasteiger partial charge is 0.327 e. The lowest BCUT2D eigenvalue weighted by atomic mass is 10.1. The van der Waals surface area contributed by atoms with Crippen molar-refractivity contribution in [2.24, 2.45) is 5.73 Å². The van der Waals surface area contributed by atoms with Crippen LogP contribution in [-0.4, -0.2) is 6.54 Å². The second-order valence-corrected chi connectivity index (χ2v) is 5.33. The van der Waals surface area contributed by atoms with Crippen LogP contribution >= 0.6 is 11.8 Å². The number of hydrogen-bond acceptors (Lipinski definition) is 2. The van der Waals surface area contributed by atoms with Crippen molar-refractivity contribution < 1.29 is 0 Å². The molecule has 0 bridgehead atoms. The van der Waals surface area contributed by atoms with Crippen LogP contribution in [0.5, 0.6) is 0 Å². The van der Waals surface area contributed by atoms with E-state index in [9.17, 15) is 0 Å². The second kappa shape index (κ2) is 6.43. The van der Waals surface area contributed by atoms with Gasteiger partial charge in [0.05, 0.1) is 0 Å². The smallest absolute Gasteiger partial charge is 0.0137 e. The van der Waals surface area contributed by atoms with Crippen LogP contribution in [0, 0.1) is 0 Å². The lowest BCUT2D eigenvalue weighted by Gasteiger charge is -2.02. The summed E-state index contributed by atoms with van der Waals surface area (Å²) >= 11 is 1.78. The quantitative estimate of drug-likeness (QED) is 0.886. The zero-order valence-corrected chi connectivity index (χ0v) is 11.3. The SMILES string of the molecule is CC(=Cc1ccc(Sc2ccccc2)cc1)CN. The van der Waals surface area contributed by atoms with Gasteiger partial charge in [-0.25, -0.2) is 0 Å². The third-order valence-corrected chi connectivity index (χ3v) is 3.61. The highest BCUT2D eigenvalue weighted by Crippen LogP contribution is 2.27. The Hall–Kier alpha value is -1.51. The molecule has 0 aliphatic carbocycles. The molecular weight excluding hydrogens is 238 g/mol. The molecule has 0 spiro atoms. The van der Waals surface area contributed by atoms with Crippen LogP contribution in [0.3, 0.4) is 0 Å². The fourth-order valence-corrected chi connectivity index (χ4v) is 2.44. The molecule has 2 aromatic carbocycles. The highest BCUT2D eigenvalue weighted by Gasteiger charge is 1.96. The predicted octanol–water partition coefficient (Wildman–Crippen LogP) is 4.20. The summed E-state index contributed by atoms with van der Waals surface area (Å²) in [7, 11) is 0. The maximum atomic E-state index is 5.58. The molecule has 0 unspecified atom stereocenters. The fraction of sp³-hybridized carbons (Fsp3) is 0.125. The molecule has 0 aliphatic heterocycles. The van der Waals surface area contributed by atoms with Crippen molar-refractivity contribution >= 4 is 17.8 Å². The summed E-state index contributed by atoms with van der Waals surface area (Å²) < 4.78 is 0. The molecule has 2 aromatic rings. The molecule has 0 aromatic heterocycles. The van der Waals surface area contributed by atoms with Crippen LogP contribution in [0.25, 0.3) is 6.08 Å². The van der Waals surface area contributed by atoms with E-state index in [4.69, 9.17) is 5.73 Å². The van der Waals surface area contributed by atoms with Crippen molar-refractivity contribution in [3.63, 3.8) is 0 Å². The van der Waals surface area contributed by atoms with Gasteiger partial charge in [0, 0.05) is 16.3 Å². The van der Waals surface area contributed by atoms with Crippen LogP contribution in [0.15, 0.2) is 70.0 Å². The maximum absolute atomic E-state index is 5.58. The van der Waals surface area contributed by atoms with E-state index in [1.807, 2.05) is 13.0 Å². The van der Waals surface area contributed by atoms with Gasteiger partial charge < -0.3 is 5.73 Å². The van der Waals surface area contributed by atoms with Gasteiger partial charge in [-0.2, -0.15) is 0 Å². The Labute approximate surface area is 113 Å². The predicted molar refractivity (Wildman–Crippen MR) is 79.7 cm³/mol. The molecule has 0 saturated heterocycles. The van der Waals surface area contributed by atoms with Gasteiger partial charge in [-0.15, -0.1) is 0 Å². The molecule has 2 N–H and O–H groups in total. The van der Waals surface area contributed by atoms with Crippen LogP contribution in [0.1, 0.15) is 12.5 Å². The molecule has 0 saturated carbocycles. The van der Waals surface area contributed by atoms with Crippen LogP contribution in [0.4, 0.5) is 0 Å². The Morgan fingerprint density at radius 2 is 1.61 bits per heavy atom. The molecule has 0 heterocycles. The van der Waals surface area contributed by atoms with Gasteiger partial charge in [-0.1, -0.05) is 53.7 Å². The minimum atomic E-state index is 0.612. The Kier molecular flexibility index (Phi) is 4.62. The lowest BCUT2D eigenvalue weighted by Crippen LogP contribution is -1.99. The Balaban J connectivity index is 2.09. The summed E-state index contributed by atoms with van der Waals surface area (Å²) in [4.78, 5) is 2.52. The van der Waals surface area contributed by atoms with Gasteiger partial charge in [-0.05, 0) is 36.8 Å². The summed E-state index contributed by atoms with van der Waals surface area (Å²) in [6.07, 6.45) is 2.12. The third kappa shape index (κ3) is 3.76. The molecule has 2 rings (SSSR count). The van der Waals surface area contributed by atoms with Gasteiger partial charge in [0.25, 0.3) is 0 Å². The Morgan fingerprint density at radius 3 is 2.22 bits per heavy atom. The van der Waals surface area contributed by atoms with Crippen molar-refractivity contribution in [1.82, 2.24) is 0 Å². The number of rotatable bonds is 4. The molecule has 0 aliphatic rings. The summed E-state index contributed by atoms with van der Waals surface area (Å²) in [6.45, 7) is 2.66. The van der Waals surface area contributed by atoms with Crippen LogP contribution < -0.4 is 5.73 Å². The topological polar surface area (TPSA) is 26.0 Å². The van der Waals surface area contributed by atoms with E-state index >= 15 is 0 Å². The van der Waals surface area contributed by atoms with E-state index in [2.05, 4.69) is 54.6 Å². The molecule has 0 amide bonds. The van der Waals surface area contributed by atoms with E-state index in [1.165, 1.54) is 20.9 Å². The minimum Gasteiger partial charge on any atom is -0.327 e. The molecule has 2 heteroatoms. The highest BCUT2D eigenvalue weighted by atomic mass is 32.2. The zero-order valence-electron chi connectivity index (χ0n) is 10.5. The third-order valence-electron chi connectivity index (χ3n) is 2.59. The molecule has 0 atom stereocenters. The zero-order chi connectivity index (χ0) is 12.8. The van der Waals surface area contributed by atoms with Crippen molar-refractivity contribution in [1.29, 1.82) is 0 Å². The average Bonchev–Trinajstić information content (AvgIpc) is 2.42. The van der Waals surface area contributed by atoms with Crippen LogP contribution in [-0.2, 0) is 0 Å². The van der Waals surface area contributed by atoms with Gasteiger partial charge in [0.2, 0.25) is 0 Å². The van der Waals surface area contributed by atoms with E-state index in [0.717, 1.165) is 0 Å². The van der Waals surface area contributed by atoms with Gasteiger partial charge in [0.15, 0.2) is 0 Å². The molecule has 1 nitrogen and oxygen atoms in total.